The molecule has 5 nitrogen and oxygen atoms in total. The minimum atomic E-state index is -0.511. The van der Waals surface area contributed by atoms with Crippen molar-refractivity contribution in [2.24, 2.45) is 0 Å². The van der Waals surface area contributed by atoms with Gasteiger partial charge in [-0.3, -0.25) is 4.90 Å². The molecule has 2 aliphatic heterocycles. The molecule has 1 atom stereocenters. The summed E-state index contributed by atoms with van der Waals surface area (Å²) >= 11 is 0. The Morgan fingerprint density at radius 1 is 1.32 bits per heavy atom. The summed E-state index contributed by atoms with van der Waals surface area (Å²) in [6, 6.07) is 0.585. The maximum absolute atomic E-state index is 13.4. The quantitative estimate of drug-likeness (QED) is 0.807. The molecule has 6 heteroatoms. The zero-order valence-corrected chi connectivity index (χ0v) is 11.2. The highest BCUT2D eigenvalue weighted by Crippen LogP contribution is 2.24. The van der Waals surface area contributed by atoms with Gasteiger partial charge in [-0.2, -0.15) is 9.37 Å². The molecule has 19 heavy (non-hydrogen) atoms. The second kappa shape index (κ2) is 5.28. The van der Waals surface area contributed by atoms with Crippen LogP contribution in [0.4, 0.5) is 10.3 Å². The van der Waals surface area contributed by atoms with Crippen LogP contribution < -0.4 is 9.64 Å². The van der Waals surface area contributed by atoms with Crippen LogP contribution in [0.2, 0.25) is 0 Å². The van der Waals surface area contributed by atoms with Crippen molar-refractivity contribution in [3.63, 3.8) is 0 Å². The smallest absolute Gasteiger partial charge is 0.255 e. The van der Waals surface area contributed by atoms with Crippen LogP contribution in [0.3, 0.4) is 0 Å². The predicted molar refractivity (Wildman–Crippen MR) is 70.0 cm³/mol. The van der Waals surface area contributed by atoms with E-state index in [9.17, 15) is 4.39 Å². The fourth-order valence-electron chi connectivity index (χ4n) is 3.03. The van der Waals surface area contributed by atoms with Gasteiger partial charge in [0.1, 0.15) is 0 Å². The maximum Gasteiger partial charge on any atom is 0.255 e. The van der Waals surface area contributed by atoms with E-state index in [-0.39, 0.29) is 5.88 Å². The zero-order chi connectivity index (χ0) is 13.2. The van der Waals surface area contributed by atoms with E-state index in [4.69, 9.17) is 4.74 Å². The average molecular weight is 266 g/mol. The van der Waals surface area contributed by atoms with Gasteiger partial charge in [0.15, 0.2) is 0 Å². The molecule has 0 N–H and O–H groups in total. The van der Waals surface area contributed by atoms with Gasteiger partial charge in [0.25, 0.3) is 5.88 Å². The first-order valence-electron chi connectivity index (χ1n) is 6.83. The lowest BCUT2D eigenvalue weighted by Crippen LogP contribution is -2.37. The summed E-state index contributed by atoms with van der Waals surface area (Å²) in [6.07, 6.45) is 4.79. The van der Waals surface area contributed by atoms with Gasteiger partial charge in [-0.05, 0) is 25.8 Å². The zero-order valence-electron chi connectivity index (χ0n) is 11.2. The van der Waals surface area contributed by atoms with Gasteiger partial charge in [0, 0.05) is 25.7 Å². The molecule has 104 valence electrons. The van der Waals surface area contributed by atoms with E-state index in [1.54, 1.807) is 0 Å². The van der Waals surface area contributed by atoms with Gasteiger partial charge >= 0.3 is 0 Å². The first-order valence-corrected chi connectivity index (χ1v) is 6.83. The Bertz CT molecular complexity index is 456. The van der Waals surface area contributed by atoms with Crippen molar-refractivity contribution in [2.45, 2.75) is 25.3 Å². The molecule has 2 fully saturated rings. The third kappa shape index (κ3) is 2.49. The third-order valence-corrected chi connectivity index (χ3v) is 3.98. The Kier molecular flexibility index (Phi) is 3.50. The summed E-state index contributed by atoms with van der Waals surface area (Å²) in [7, 11) is 1.43. The molecule has 0 radical (unpaired) electrons. The van der Waals surface area contributed by atoms with Gasteiger partial charge in [0.2, 0.25) is 11.8 Å². The Hall–Kier alpha value is -1.43. The van der Waals surface area contributed by atoms with Crippen LogP contribution >= 0.6 is 0 Å². The van der Waals surface area contributed by atoms with Gasteiger partial charge in [-0.1, -0.05) is 0 Å². The largest absolute Gasteiger partial charge is 0.479 e. The lowest BCUT2D eigenvalue weighted by Gasteiger charge is -2.25. The highest BCUT2D eigenvalue weighted by atomic mass is 19.1. The van der Waals surface area contributed by atoms with Crippen LogP contribution in [-0.4, -0.2) is 54.2 Å². The van der Waals surface area contributed by atoms with E-state index in [1.807, 2.05) is 0 Å². The van der Waals surface area contributed by atoms with Crippen molar-refractivity contribution in [3.05, 3.63) is 12.0 Å². The molecule has 0 spiro atoms. The summed E-state index contributed by atoms with van der Waals surface area (Å²) in [6.45, 7) is 4.18. The number of anilines is 1. The minimum Gasteiger partial charge on any atom is -0.479 e. The molecule has 0 aliphatic carbocycles. The lowest BCUT2D eigenvalue weighted by molar-refractivity contribution is 0.273. The molecule has 1 aromatic heterocycles. The predicted octanol–water partition coefficient (Wildman–Crippen LogP) is 1.30. The van der Waals surface area contributed by atoms with Gasteiger partial charge in [-0.25, -0.2) is 4.98 Å². The Balaban J connectivity index is 1.80. The van der Waals surface area contributed by atoms with Gasteiger partial charge in [0.05, 0.1) is 13.3 Å². The number of methoxy groups -OCH3 is 1. The van der Waals surface area contributed by atoms with E-state index < -0.39 is 5.82 Å². The highest BCUT2D eigenvalue weighted by Gasteiger charge is 2.29. The second-order valence-corrected chi connectivity index (χ2v) is 5.16. The van der Waals surface area contributed by atoms with Crippen LogP contribution in [0, 0.1) is 5.82 Å². The molecule has 0 aromatic carbocycles. The van der Waals surface area contributed by atoms with E-state index in [0.29, 0.717) is 12.0 Å². The van der Waals surface area contributed by atoms with Crippen molar-refractivity contribution in [3.8, 4) is 5.88 Å². The molecular formula is C13H19FN4O. The van der Waals surface area contributed by atoms with Gasteiger partial charge in [-0.15, -0.1) is 0 Å². The monoisotopic (exact) mass is 266 g/mol. The molecule has 3 heterocycles. The Morgan fingerprint density at radius 2 is 2.16 bits per heavy atom. The molecule has 2 aliphatic rings. The molecular weight excluding hydrogens is 247 g/mol. The first kappa shape index (κ1) is 12.6. The van der Waals surface area contributed by atoms with Crippen LogP contribution in [0.1, 0.15) is 19.3 Å². The summed E-state index contributed by atoms with van der Waals surface area (Å²) in [4.78, 5) is 13.0. The molecule has 0 bridgehead atoms. The fraction of sp³-hybridized carbons (Fsp3) is 0.692. The number of nitrogens with zero attached hydrogens (tertiary/aromatic N) is 4. The summed E-state index contributed by atoms with van der Waals surface area (Å²) < 4.78 is 18.3. The number of halogens is 1. The van der Waals surface area contributed by atoms with E-state index in [0.717, 1.165) is 26.1 Å². The molecule has 0 saturated carbocycles. The second-order valence-electron chi connectivity index (χ2n) is 5.16. The third-order valence-electron chi connectivity index (χ3n) is 3.98. The Morgan fingerprint density at radius 3 is 3.00 bits per heavy atom. The first-order chi connectivity index (χ1) is 9.28. The van der Waals surface area contributed by atoms with Crippen LogP contribution in [0.15, 0.2) is 6.20 Å². The molecule has 1 aromatic rings. The number of aromatic nitrogens is 2. The van der Waals surface area contributed by atoms with Gasteiger partial charge < -0.3 is 9.64 Å². The van der Waals surface area contributed by atoms with Crippen molar-refractivity contribution in [2.75, 3.05) is 38.2 Å². The summed E-state index contributed by atoms with van der Waals surface area (Å²) in [5.74, 6) is 0.0908. The molecule has 2 saturated heterocycles. The average Bonchev–Trinajstić information content (AvgIpc) is 2.77. The summed E-state index contributed by atoms with van der Waals surface area (Å²) in [5, 5.41) is 0. The maximum atomic E-state index is 13.4. The van der Waals surface area contributed by atoms with Crippen LogP contribution in [-0.2, 0) is 0 Å². The normalized spacial score (nSPS) is 24.1. The number of rotatable bonds is 2. The number of fused-ring (bicyclic) bond motifs is 1. The van der Waals surface area contributed by atoms with Crippen molar-refractivity contribution < 1.29 is 9.13 Å². The Labute approximate surface area is 112 Å². The van der Waals surface area contributed by atoms with Crippen molar-refractivity contribution >= 4 is 5.95 Å². The molecule has 3 rings (SSSR count). The van der Waals surface area contributed by atoms with Crippen LogP contribution in [0.25, 0.3) is 0 Å². The van der Waals surface area contributed by atoms with Crippen molar-refractivity contribution in [1.29, 1.82) is 0 Å². The van der Waals surface area contributed by atoms with E-state index in [2.05, 4.69) is 19.8 Å². The topological polar surface area (TPSA) is 41.5 Å². The number of hydrogen-bond donors (Lipinski definition) is 0. The lowest BCUT2D eigenvalue weighted by atomic mass is 10.2. The molecule has 0 unspecified atom stereocenters. The number of ether oxygens (including phenoxy) is 1. The number of hydrogen-bond acceptors (Lipinski definition) is 5. The van der Waals surface area contributed by atoms with Crippen LogP contribution in [0.5, 0.6) is 5.88 Å². The standard InChI is InChI=1S/C13H19FN4O/c1-19-12-11(14)8-15-13(16-12)18-7-3-6-17-5-2-4-10(17)9-18/h8,10H,2-7,9H2,1H3/t10-/m0/s1. The van der Waals surface area contributed by atoms with E-state index >= 15 is 0 Å². The SMILES string of the molecule is COc1nc(N2CCCN3CCC[C@H]3C2)ncc1F. The fourth-order valence-corrected chi connectivity index (χ4v) is 3.03. The van der Waals surface area contributed by atoms with E-state index in [1.165, 1.54) is 32.7 Å². The molecule has 0 amide bonds. The minimum absolute atomic E-state index is 0.0255. The summed E-state index contributed by atoms with van der Waals surface area (Å²) in [5.41, 5.74) is 0. The highest BCUT2D eigenvalue weighted by molar-refractivity contribution is 5.33. The van der Waals surface area contributed by atoms with Crippen molar-refractivity contribution in [1.82, 2.24) is 14.9 Å².